The summed E-state index contributed by atoms with van der Waals surface area (Å²) in [6, 6.07) is 0. The van der Waals surface area contributed by atoms with Crippen molar-refractivity contribution < 1.29 is 0 Å². The van der Waals surface area contributed by atoms with Crippen LogP contribution in [-0.4, -0.2) is 22.2 Å². The van der Waals surface area contributed by atoms with Crippen molar-refractivity contribution in [3.63, 3.8) is 0 Å². The Hall–Kier alpha value is -0.160. The van der Waals surface area contributed by atoms with Gasteiger partial charge in [0.15, 0.2) is 0 Å². The lowest BCUT2D eigenvalue weighted by molar-refractivity contribution is -0.0806. The van der Waals surface area contributed by atoms with Gasteiger partial charge in [0.25, 0.3) is 0 Å². The number of nitrogens with two attached hydrogens (primary N) is 4. The summed E-state index contributed by atoms with van der Waals surface area (Å²) in [5.41, 5.74) is 21.6. The van der Waals surface area contributed by atoms with Crippen LogP contribution in [0, 0.1) is 0 Å². The van der Waals surface area contributed by atoms with Crippen molar-refractivity contribution in [1.29, 1.82) is 0 Å². The zero-order chi connectivity index (χ0) is 10.0. The van der Waals surface area contributed by atoms with E-state index in [4.69, 9.17) is 22.9 Å². The predicted molar refractivity (Wildman–Crippen MR) is 50.4 cm³/mol. The van der Waals surface area contributed by atoms with E-state index < -0.39 is 22.2 Å². The Morgan fingerprint density at radius 3 is 0.667 bits per heavy atom. The molecule has 72 valence electrons. The molecule has 0 spiro atoms. The molecule has 0 heterocycles. The number of hydrogen-bond donors (Lipinski definition) is 4. The minimum absolute atomic E-state index is 0.622. The zero-order valence-electron chi connectivity index (χ0n) is 8.31. The molecule has 0 aromatic heterocycles. The lowest BCUT2D eigenvalue weighted by Crippen LogP contribution is -3.02. The van der Waals surface area contributed by atoms with Crippen LogP contribution in [0.25, 0.3) is 0 Å². The molecule has 8 N–H and O–H groups in total. The molecule has 0 bridgehead atoms. The molecule has 0 atom stereocenters. The first-order chi connectivity index (χ1) is 5.00. The van der Waals surface area contributed by atoms with Gasteiger partial charge in [0.05, 0.1) is 22.2 Å². The molecule has 4 heteroatoms. The maximum absolute atomic E-state index is 6.02. The topological polar surface area (TPSA) is 104 Å². The highest BCUT2D eigenvalue weighted by atomic mass is 15.2. The summed E-state index contributed by atoms with van der Waals surface area (Å²) in [6.07, 6.45) is 0. The van der Waals surface area contributed by atoms with Gasteiger partial charge in [-0.1, -0.05) is 0 Å². The van der Waals surface area contributed by atoms with Gasteiger partial charge in [-0.15, -0.1) is 0 Å². The molecule has 0 aromatic rings. The Morgan fingerprint density at radius 1 is 0.500 bits per heavy atom. The Balaban J connectivity index is 3.16. The number of rotatable bonds is 0. The second-order valence-corrected chi connectivity index (χ2v) is 4.81. The highest BCUT2D eigenvalue weighted by molar-refractivity contribution is 5.40. The molecule has 1 rings (SSSR count). The molecule has 1 saturated carbocycles. The SMILES string of the molecule is CC1(N)C(C)(N)C(C)(N)C1(C)N. The van der Waals surface area contributed by atoms with Gasteiger partial charge < -0.3 is 22.9 Å². The minimum atomic E-state index is -0.622. The quantitative estimate of drug-likeness (QED) is 0.371. The molecule has 12 heavy (non-hydrogen) atoms. The second-order valence-electron chi connectivity index (χ2n) is 4.81. The Labute approximate surface area is 73.6 Å². The van der Waals surface area contributed by atoms with Crippen LogP contribution >= 0.6 is 0 Å². The molecule has 0 amide bonds. The third kappa shape index (κ3) is 0.599. The van der Waals surface area contributed by atoms with Gasteiger partial charge >= 0.3 is 0 Å². The molecule has 4 nitrogen and oxygen atoms in total. The molecule has 0 saturated heterocycles. The van der Waals surface area contributed by atoms with E-state index in [9.17, 15) is 0 Å². The first-order valence-electron chi connectivity index (χ1n) is 4.15. The van der Waals surface area contributed by atoms with Crippen molar-refractivity contribution in [3.8, 4) is 0 Å². The summed E-state index contributed by atoms with van der Waals surface area (Å²) in [4.78, 5) is 0. The summed E-state index contributed by atoms with van der Waals surface area (Å²) in [5.74, 6) is 0. The highest BCUT2D eigenvalue weighted by Crippen LogP contribution is 2.51. The van der Waals surface area contributed by atoms with Crippen molar-refractivity contribution in [1.82, 2.24) is 0 Å². The highest BCUT2D eigenvalue weighted by Gasteiger charge is 2.74. The molecule has 0 radical (unpaired) electrons. The largest absolute Gasteiger partial charge is 0.322 e. The van der Waals surface area contributed by atoms with Crippen LogP contribution in [0.3, 0.4) is 0 Å². The maximum atomic E-state index is 6.02. The molecular formula is C8H20N4. The Bertz CT molecular complexity index is 151. The van der Waals surface area contributed by atoms with Crippen LogP contribution < -0.4 is 22.9 Å². The molecule has 0 unspecified atom stereocenters. The fraction of sp³-hybridized carbons (Fsp3) is 1.00. The van der Waals surface area contributed by atoms with Gasteiger partial charge in [0.2, 0.25) is 0 Å². The maximum Gasteiger partial charge on any atom is 0.0522 e. The minimum Gasteiger partial charge on any atom is -0.322 e. The van der Waals surface area contributed by atoms with Gasteiger partial charge in [-0.3, -0.25) is 0 Å². The van der Waals surface area contributed by atoms with E-state index in [0.717, 1.165) is 0 Å². The third-order valence-corrected chi connectivity index (χ3v) is 4.32. The lowest BCUT2D eigenvalue weighted by Gasteiger charge is -2.73. The monoisotopic (exact) mass is 172 g/mol. The summed E-state index contributed by atoms with van der Waals surface area (Å²) in [6.45, 7) is 7.40. The Morgan fingerprint density at radius 2 is 0.583 bits per heavy atom. The van der Waals surface area contributed by atoms with Gasteiger partial charge in [0.1, 0.15) is 0 Å². The number of hydrogen-bond acceptors (Lipinski definition) is 4. The van der Waals surface area contributed by atoms with Crippen molar-refractivity contribution in [2.75, 3.05) is 0 Å². The molecule has 1 fully saturated rings. The third-order valence-electron chi connectivity index (χ3n) is 4.32. The van der Waals surface area contributed by atoms with Crippen LogP contribution in [-0.2, 0) is 0 Å². The standard InChI is InChI=1S/C8H20N4/c1-5(9)6(2,10)8(4,12)7(5,3)11/h9-12H2,1-4H3. The van der Waals surface area contributed by atoms with E-state index in [-0.39, 0.29) is 0 Å². The van der Waals surface area contributed by atoms with Crippen LogP contribution in [0.4, 0.5) is 0 Å². The van der Waals surface area contributed by atoms with Crippen molar-refractivity contribution in [2.24, 2.45) is 22.9 Å². The molecule has 1 aliphatic rings. The fourth-order valence-electron chi connectivity index (χ4n) is 2.10. The summed E-state index contributed by atoms with van der Waals surface area (Å²) in [5, 5.41) is 0. The van der Waals surface area contributed by atoms with E-state index in [1.54, 1.807) is 0 Å². The van der Waals surface area contributed by atoms with Crippen molar-refractivity contribution in [2.45, 2.75) is 49.9 Å². The van der Waals surface area contributed by atoms with Crippen molar-refractivity contribution in [3.05, 3.63) is 0 Å². The summed E-state index contributed by atoms with van der Waals surface area (Å²) < 4.78 is 0. The predicted octanol–water partition coefficient (Wildman–Crippen LogP) is -1.13. The van der Waals surface area contributed by atoms with Crippen molar-refractivity contribution >= 4 is 0 Å². The van der Waals surface area contributed by atoms with Gasteiger partial charge in [-0.05, 0) is 27.7 Å². The Kier molecular flexibility index (Phi) is 1.53. The summed E-state index contributed by atoms with van der Waals surface area (Å²) in [7, 11) is 0. The van der Waals surface area contributed by atoms with Crippen LogP contribution in [0.2, 0.25) is 0 Å². The zero-order valence-corrected chi connectivity index (χ0v) is 8.31. The molecule has 0 aliphatic heterocycles. The average molecular weight is 172 g/mol. The first-order valence-corrected chi connectivity index (χ1v) is 4.15. The molecular weight excluding hydrogens is 152 g/mol. The van der Waals surface area contributed by atoms with Gasteiger partial charge in [-0.2, -0.15) is 0 Å². The van der Waals surface area contributed by atoms with Gasteiger partial charge in [0, 0.05) is 0 Å². The van der Waals surface area contributed by atoms with Crippen LogP contribution in [0.15, 0.2) is 0 Å². The van der Waals surface area contributed by atoms with E-state index in [1.165, 1.54) is 0 Å². The fourth-order valence-corrected chi connectivity index (χ4v) is 2.10. The van der Waals surface area contributed by atoms with Crippen LogP contribution in [0.1, 0.15) is 27.7 Å². The van der Waals surface area contributed by atoms with Crippen LogP contribution in [0.5, 0.6) is 0 Å². The lowest BCUT2D eigenvalue weighted by atomic mass is 9.41. The smallest absolute Gasteiger partial charge is 0.0522 e. The van der Waals surface area contributed by atoms with E-state index in [0.29, 0.717) is 0 Å². The molecule has 1 aliphatic carbocycles. The van der Waals surface area contributed by atoms with Gasteiger partial charge in [-0.25, -0.2) is 0 Å². The van der Waals surface area contributed by atoms with E-state index in [2.05, 4.69) is 0 Å². The normalized spacial score (nSPS) is 66.0. The second kappa shape index (κ2) is 1.85. The average Bonchev–Trinajstić information content (AvgIpc) is 1.84. The molecule has 0 aromatic carbocycles. The summed E-state index contributed by atoms with van der Waals surface area (Å²) >= 11 is 0. The van der Waals surface area contributed by atoms with E-state index >= 15 is 0 Å². The van der Waals surface area contributed by atoms with E-state index in [1.807, 2.05) is 27.7 Å². The first kappa shape index (κ1) is 9.92.